The average molecular weight is 290 g/mol. The van der Waals surface area contributed by atoms with Gasteiger partial charge in [0, 0.05) is 4.90 Å². The normalized spacial score (nSPS) is 15.2. The fourth-order valence-corrected chi connectivity index (χ4v) is 2.40. The largest absolute Gasteiger partial charge is 0.337 e. The predicted octanol–water partition coefficient (Wildman–Crippen LogP) is 3.53. The van der Waals surface area contributed by atoms with E-state index in [0.29, 0.717) is 0 Å². The van der Waals surface area contributed by atoms with Crippen LogP contribution in [0.1, 0.15) is 33.3 Å². The molecule has 0 saturated heterocycles. The summed E-state index contributed by atoms with van der Waals surface area (Å²) in [7, 11) is 0. The first-order chi connectivity index (χ1) is 9.28. The van der Waals surface area contributed by atoms with E-state index in [4.69, 9.17) is 0 Å². The molecule has 0 heterocycles. The molecule has 20 heavy (non-hydrogen) atoms. The highest BCUT2D eigenvalue weighted by atomic mass is 32.2. The third kappa shape index (κ3) is 4.28. The highest BCUT2D eigenvalue weighted by molar-refractivity contribution is 8.00. The molecule has 0 radical (unpaired) electrons. The summed E-state index contributed by atoms with van der Waals surface area (Å²) in [6.45, 7) is 9.52. The van der Waals surface area contributed by atoms with Gasteiger partial charge in [-0.3, -0.25) is 4.79 Å². The number of thioether (sulfide) groups is 1. The number of nitrogens with one attached hydrogen (secondary N) is 1. The van der Waals surface area contributed by atoms with Crippen molar-refractivity contribution >= 4 is 17.7 Å². The van der Waals surface area contributed by atoms with Gasteiger partial charge in [-0.1, -0.05) is 31.5 Å². The number of aryl methyl sites for hydroxylation is 1. The maximum absolute atomic E-state index is 12.2. The molecule has 0 spiro atoms. The standard InChI is InChI=1S/C16H22N2OS/c1-11(2)16(5,10-17)18-15(19)13(4)20-14-8-6-12(3)7-9-14/h6-9,11,13H,1-5H3,(H,18,19). The molecule has 1 aromatic rings. The zero-order valence-electron chi connectivity index (χ0n) is 12.7. The van der Waals surface area contributed by atoms with Gasteiger partial charge in [-0.2, -0.15) is 5.26 Å². The van der Waals surface area contributed by atoms with Gasteiger partial charge >= 0.3 is 0 Å². The van der Waals surface area contributed by atoms with E-state index in [0.717, 1.165) is 4.90 Å². The van der Waals surface area contributed by atoms with Crippen LogP contribution in [-0.4, -0.2) is 16.7 Å². The molecule has 0 aromatic heterocycles. The van der Waals surface area contributed by atoms with Crippen LogP contribution in [0.3, 0.4) is 0 Å². The van der Waals surface area contributed by atoms with Gasteiger partial charge in [0.05, 0.1) is 11.3 Å². The van der Waals surface area contributed by atoms with Crippen LogP contribution in [0.15, 0.2) is 29.2 Å². The number of rotatable bonds is 5. The number of hydrogen-bond acceptors (Lipinski definition) is 3. The van der Waals surface area contributed by atoms with Crippen molar-refractivity contribution in [1.82, 2.24) is 5.32 Å². The summed E-state index contributed by atoms with van der Waals surface area (Å²) in [5.74, 6) is -0.0404. The van der Waals surface area contributed by atoms with E-state index >= 15 is 0 Å². The van der Waals surface area contributed by atoms with Crippen molar-refractivity contribution in [2.24, 2.45) is 5.92 Å². The lowest BCUT2D eigenvalue weighted by atomic mass is 9.90. The van der Waals surface area contributed by atoms with E-state index in [2.05, 4.69) is 11.4 Å². The second-order valence-corrected chi connectivity index (χ2v) is 6.95. The molecule has 0 aliphatic rings. The number of nitriles is 1. The zero-order chi connectivity index (χ0) is 15.3. The van der Waals surface area contributed by atoms with Crippen molar-refractivity contribution in [2.75, 3.05) is 0 Å². The Morgan fingerprint density at radius 1 is 1.30 bits per heavy atom. The lowest BCUT2D eigenvalue weighted by Crippen LogP contribution is -2.51. The zero-order valence-corrected chi connectivity index (χ0v) is 13.5. The molecule has 0 bridgehead atoms. The molecule has 1 N–H and O–H groups in total. The molecule has 0 saturated carbocycles. The maximum Gasteiger partial charge on any atom is 0.234 e. The van der Waals surface area contributed by atoms with Crippen molar-refractivity contribution in [2.45, 2.75) is 50.3 Å². The van der Waals surface area contributed by atoms with Gasteiger partial charge in [0.2, 0.25) is 5.91 Å². The quantitative estimate of drug-likeness (QED) is 0.844. The third-order valence-electron chi connectivity index (χ3n) is 3.47. The molecule has 2 atom stereocenters. The van der Waals surface area contributed by atoms with E-state index < -0.39 is 5.54 Å². The first-order valence-electron chi connectivity index (χ1n) is 6.75. The van der Waals surface area contributed by atoms with Gasteiger partial charge < -0.3 is 5.32 Å². The van der Waals surface area contributed by atoms with Crippen molar-refractivity contribution in [3.05, 3.63) is 29.8 Å². The number of amides is 1. The Bertz CT molecular complexity index is 504. The summed E-state index contributed by atoms with van der Waals surface area (Å²) in [5, 5.41) is 11.9. The van der Waals surface area contributed by atoms with E-state index in [-0.39, 0.29) is 17.1 Å². The van der Waals surface area contributed by atoms with Crippen LogP contribution in [0.2, 0.25) is 0 Å². The van der Waals surface area contributed by atoms with E-state index in [1.165, 1.54) is 17.3 Å². The average Bonchev–Trinajstić information content (AvgIpc) is 2.40. The van der Waals surface area contributed by atoms with Crippen LogP contribution in [0.25, 0.3) is 0 Å². The Morgan fingerprint density at radius 3 is 2.30 bits per heavy atom. The Balaban J connectivity index is 2.68. The second-order valence-electron chi connectivity index (χ2n) is 5.53. The first-order valence-corrected chi connectivity index (χ1v) is 7.63. The molecule has 0 fully saturated rings. The lowest BCUT2D eigenvalue weighted by Gasteiger charge is -2.28. The number of carbonyl (C=O) groups excluding carboxylic acids is 1. The van der Waals surface area contributed by atoms with Crippen molar-refractivity contribution < 1.29 is 4.79 Å². The molecule has 3 nitrogen and oxygen atoms in total. The molecule has 1 amide bonds. The lowest BCUT2D eigenvalue weighted by molar-refractivity contribution is -0.121. The topological polar surface area (TPSA) is 52.9 Å². The van der Waals surface area contributed by atoms with Crippen LogP contribution in [0.5, 0.6) is 0 Å². The second kappa shape index (κ2) is 6.81. The summed E-state index contributed by atoms with van der Waals surface area (Å²) in [5.41, 5.74) is 0.377. The summed E-state index contributed by atoms with van der Waals surface area (Å²) >= 11 is 1.50. The monoisotopic (exact) mass is 290 g/mol. The molecule has 108 valence electrons. The smallest absolute Gasteiger partial charge is 0.234 e. The Hall–Kier alpha value is -1.47. The number of hydrogen-bond donors (Lipinski definition) is 1. The van der Waals surface area contributed by atoms with Gasteiger partial charge in [0.25, 0.3) is 0 Å². The van der Waals surface area contributed by atoms with Crippen molar-refractivity contribution in [3.63, 3.8) is 0 Å². The molecule has 2 unspecified atom stereocenters. The van der Waals surface area contributed by atoms with Crippen LogP contribution < -0.4 is 5.32 Å². The summed E-state index contributed by atoms with van der Waals surface area (Å²) in [4.78, 5) is 13.3. The molecular weight excluding hydrogens is 268 g/mol. The SMILES string of the molecule is Cc1ccc(SC(C)C(=O)NC(C)(C#N)C(C)C)cc1. The minimum atomic E-state index is -0.820. The number of benzene rings is 1. The maximum atomic E-state index is 12.2. The van der Waals surface area contributed by atoms with Crippen molar-refractivity contribution in [1.29, 1.82) is 5.26 Å². The van der Waals surface area contributed by atoms with Gasteiger partial charge in [0.15, 0.2) is 0 Å². The summed E-state index contributed by atoms with van der Waals surface area (Å²) in [6.07, 6.45) is 0. The highest BCUT2D eigenvalue weighted by Gasteiger charge is 2.31. The first kappa shape index (κ1) is 16.6. The van der Waals surface area contributed by atoms with Crippen LogP contribution in [0.4, 0.5) is 0 Å². The fourth-order valence-electron chi connectivity index (χ4n) is 1.53. The van der Waals surface area contributed by atoms with Crippen LogP contribution in [-0.2, 0) is 4.79 Å². The van der Waals surface area contributed by atoms with Gasteiger partial charge in [-0.25, -0.2) is 0 Å². The van der Waals surface area contributed by atoms with Crippen molar-refractivity contribution in [3.8, 4) is 6.07 Å². The molecule has 1 rings (SSSR count). The molecule has 0 aliphatic carbocycles. The summed E-state index contributed by atoms with van der Waals surface area (Å²) < 4.78 is 0. The van der Waals surface area contributed by atoms with E-state index in [1.807, 2.05) is 52.0 Å². The Kier molecular flexibility index (Phi) is 5.64. The number of nitrogens with zero attached hydrogens (tertiary/aromatic N) is 1. The van der Waals surface area contributed by atoms with Gasteiger partial charge in [-0.05, 0) is 38.8 Å². The van der Waals surface area contributed by atoms with Crippen LogP contribution in [0, 0.1) is 24.2 Å². The third-order valence-corrected chi connectivity index (χ3v) is 4.58. The molecule has 1 aromatic carbocycles. The Labute approximate surface area is 125 Å². The van der Waals surface area contributed by atoms with Gasteiger partial charge in [-0.15, -0.1) is 11.8 Å². The van der Waals surface area contributed by atoms with E-state index in [9.17, 15) is 10.1 Å². The summed E-state index contributed by atoms with van der Waals surface area (Å²) in [6, 6.07) is 10.3. The molecular formula is C16H22N2OS. The number of carbonyl (C=O) groups is 1. The molecule has 0 aliphatic heterocycles. The van der Waals surface area contributed by atoms with E-state index in [1.54, 1.807) is 6.92 Å². The minimum Gasteiger partial charge on any atom is -0.337 e. The molecule has 4 heteroatoms. The minimum absolute atomic E-state index is 0.0630. The Morgan fingerprint density at radius 2 is 1.85 bits per heavy atom. The fraction of sp³-hybridized carbons (Fsp3) is 0.500. The predicted molar refractivity (Wildman–Crippen MR) is 83.5 cm³/mol. The highest BCUT2D eigenvalue weighted by Crippen LogP contribution is 2.24. The van der Waals surface area contributed by atoms with Crippen LogP contribution >= 0.6 is 11.8 Å². The van der Waals surface area contributed by atoms with Gasteiger partial charge in [0.1, 0.15) is 5.54 Å².